The highest BCUT2D eigenvalue weighted by molar-refractivity contribution is 7.54. The van der Waals surface area contributed by atoms with Crippen molar-refractivity contribution in [3.05, 3.63) is 22.7 Å². The Bertz CT molecular complexity index is 1080. The largest absolute Gasteiger partial charge is 0.408 e. The minimum absolute atomic E-state index is 0.0932. The molecule has 0 aromatic carbocycles. The summed E-state index contributed by atoms with van der Waals surface area (Å²) in [5, 5.41) is -0.320. The normalized spacial score (nSPS) is 24.2. The van der Waals surface area contributed by atoms with Gasteiger partial charge in [-0.15, -0.1) is 0 Å². The molecule has 5 atom stereocenters. The van der Waals surface area contributed by atoms with E-state index in [1.807, 2.05) is 0 Å². The van der Waals surface area contributed by atoms with E-state index in [9.17, 15) is 9.36 Å². The van der Waals surface area contributed by atoms with Crippen molar-refractivity contribution >= 4 is 30.0 Å². The molecule has 11 nitrogen and oxygen atoms in total. The number of nitrogen functional groups attached to an aromatic ring is 1. The quantitative estimate of drug-likeness (QED) is 0.259. The molecule has 1 aliphatic rings. The first kappa shape index (κ1) is 34.3. The number of nitrogens with zero attached hydrogens (tertiary/aromatic N) is 2. The molecule has 0 bridgehead atoms. The maximum atomic E-state index is 13.9. The molecule has 226 valence electrons. The first-order valence-corrected chi connectivity index (χ1v) is 21.0. The van der Waals surface area contributed by atoms with E-state index in [0.717, 1.165) is 0 Å². The number of anilines is 1. The fraction of sp³-hybridized carbons (Fsp3) is 0.840. The molecule has 1 aliphatic heterocycles. The summed E-state index contributed by atoms with van der Waals surface area (Å²) in [4.78, 5) is 17.0. The second kappa shape index (κ2) is 12.1. The molecule has 39 heavy (non-hydrogen) atoms. The summed E-state index contributed by atoms with van der Waals surface area (Å²) in [6.45, 7) is 25.0. The van der Waals surface area contributed by atoms with Crippen LogP contribution in [0, 0.1) is 0 Å². The van der Waals surface area contributed by atoms with Gasteiger partial charge in [0, 0.05) is 6.20 Å². The molecule has 2 heterocycles. The van der Waals surface area contributed by atoms with Gasteiger partial charge in [0.1, 0.15) is 29.9 Å². The smallest absolute Gasteiger partial charge is 0.351 e. The average molecular weight is 607 g/mol. The first-order valence-electron chi connectivity index (χ1n) is 13.6. The molecule has 0 unspecified atom stereocenters. The third-order valence-corrected chi connectivity index (χ3v) is 19.4. The highest BCUT2D eigenvalue weighted by Crippen LogP contribution is 2.56. The Morgan fingerprint density at radius 2 is 1.46 bits per heavy atom. The van der Waals surface area contributed by atoms with Crippen LogP contribution < -0.4 is 17.2 Å². The number of hydrogen-bond acceptors (Lipinski definition) is 10. The summed E-state index contributed by atoms with van der Waals surface area (Å²) in [5.41, 5.74) is 11.9. The van der Waals surface area contributed by atoms with Gasteiger partial charge in [0.05, 0.1) is 13.2 Å². The lowest BCUT2D eigenvalue weighted by molar-refractivity contribution is -0.0394. The van der Waals surface area contributed by atoms with Gasteiger partial charge in [-0.2, -0.15) is 4.98 Å². The van der Waals surface area contributed by atoms with Crippen LogP contribution in [0.15, 0.2) is 17.1 Å². The van der Waals surface area contributed by atoms with Crippen molar-refractivity contribution in [2.45, 2.75) is 122 Å². The fourth-order valence-corrected chi connectivity index (χ4v) is 8.15. The van der Waals surface area contributed by atoms with E-state index >= 15 is 0 Å². The number of aromatic nitrogens is 2. The summed E-state index contributed by atoms with van der Waals surface area (Å²) in [7, 11) is -8.75. The third kappa shape index (κ3) is 7.50. The Kier molecular flexibility index (Phi) is 10.7. The number of nitrogens with two attached hydrogens (primary N) is 2. The number of hydrogen-bond donors (Lipinski definition) is 2. The zero-order valence-electron chi connectivity index (χ0n) is 25.8. The van der Waals surface area contributed by atoms with Crippen LogP contribution >= 0.6 is 7.60 Å². The average Bonchev–Trinajstić information content (AvgIpc) is 3.08. The summed E-state index contributed by atoms with van der Waals surface area (Å²) >= 11 is 0. The van der Waals surface area contributed by atoms with Gasteiger partial charge in [0.15, 0.2) is 22.9 Å². The van der Waals surface area contributed by atoms with Crippen molar-refractivity contribution in [1.82, 2.24) is 9.55 Å². The van der Waals surface area contributed by atoms with E-state index in [4.69, 9.17) is 34.1 Å². The summed E-state index contributed by atoms with van der Waals surface area (Å²) < 4.78 is 46.9. The molecule has 14 heteroatoms. The summed E-state index contributed by atoms with van der Waals surface area (Å²) in [6.07, 6.45) is -1.91. The van der Waals surface area contributed by atoms with E-state index in [2.05, 4.69) is 72.7 Å². The topological polar surface area (TPSA) is 150 Å². The minimum atomic E-state index is -3.83. The van der Waals surface area contributed by atoms with Crippen molar-refractivity contribution in [3.63, 3.8) is 0 Å². The van der Waals surface area contributed by atoms with Crippen molar-refractivity contribution in [2.24, 2.45) is 5.73 Å². The van der Waals surface area contributed by atoms with E-state index in [0.29, 0.717) is 0 Å². The van der Waals surface area contributed by atoms with E-state index in [1.54, 1.807) is 13.8 Å². The van der Waals surface area contributed by atoms with Gasteiger partial charge in [0.25, 0.3) is 0 Å². The Balaban J connectivity index is 2.78. The Morgan fingerprint density at radius 1 is 1.00 bits per heavy atom. The van der Waals surface area contributed by atoms with Crippen LogP contribution in [0.5, 0.6) is 0 Å². The van der Waals surface area contributed by atoms with Crippen molar-refractivity contribution < 1.29 is 27.2 Å². The van der Waals surface area contributed by atoms with Gasteiger partial charge in [-0.05, 0) is 56.2 Å². The van der Waals surface area contributed by atoms with Crippen LogP contribution in [0.1, 0.15) is 61.6 Å². The molecule has 1 saturated heterocycles. The molecule has 0 aliphatic carbocycles. The molecule has 1 aromatic heterocycles. The molecular weight excluding hydrogens is 555 g/mol. The zero-order chi connectivity index (χ0) is 30.2. The third-order valence-electron chi connectivity index (χ3n) is 8.14. The van der Waals surface area contributed by atoms with E-state index in [-0.39, 0.29) is 29.1 Å². The zero-order valence-corrected chi connectivity index (χ0v) is 28.7. The summed E-state index contributed by atoms with van der Waals surface area (Å²) in [6, 6.07) is 1.52. The lowest BCUT2D eigenvalue weighted by Gasteiger charge is -2.44. The van der Waals surface area contributed by atoms with Crippen LogP contribution in [-0.4, -0.2) is 63.5 Å². The van der Waals surface area contributed by atoms with Gasteiger partial charge in [-0.1, -0.05) is 41.5 Å². The van der Waals surface area contributed by atoms with Crippen LogP contribution in [0.2, 0.25) is 36.3 Å². The van der Waals surface area contributed by atoms with Gasteiger partial charge in [-0.25, -0.2) is 4.79 Å². The maximum absolute atomic E-state index is 13.9. The predicted molar refractivity (Wildman–Crippen MR) is 160 cm³/mol. The van der Waals surface area contributed by atoms with Gasteiger partial charge >= 0.3 is 13.3 Å². The molecular formula is C25H51N4O7PSi2. The number of ether oxygens (including phenoxy) is 1. The molecule has 0 saturated carbocycles. The molecule has 0 radical (unpaired) electrons. The molecule has 1 aromatic rings. The first-order chi connectivity index (χ1) is 17.6. The summed E-state index contributed by atoms with van der Waals surface area (Å²) in [5.74, 6) is -1.10. The van der Waals surface area contributed by atoms with E-state index in [1.165, 1.54) is 16.8 Å². The molecule has 0 spiro atoms. The predicted octanol–water partition coefficient (Wildman–Crippen LogP) is 5.05. The Labute approximate surface area is 236 Å². The molecule has 2 rings (SSSR count). The highest BCUT2D eigenvalue weighted by Gasteiger charge is 2.58. The van der Waals surface area contributed by atoms with Crippen LogP contribution in [0.25, 0.3) is 0 Å². The molecule has 4 N–H and O–H groups in total. The van der Waals surface area contributed by atoms with Gasteiger partial charge in [-0.3, -0.25) is 9.13 Å². The van der Waals surface area contributed by atoms with Crippen molar-refractivity contribution in [2.75, 3.05) is 18.9 Å². The lowest BCUT2D eigenvalue weighted by Crippen LogP contribution is -2.56. The fourth-order valence-electron chi connectivity index (χ4n) is 3.83. The van der Waals surface area contributed by atoms with Crippen molar-refractivity contribution in [3.8, 4) is 0 Å². The van der Waals surface area contributed by atoms with E-state index < -0.39 is 60.2 Å². The number of rotatable bonds is 11. The lowest BCUT2D eigenvalue weighted by atomic mass is 10.1. The highest BCUT2D eigenvalue weighted by atomic mass is 31.2. The SMILES string of the molecule is CCOP(=O)(OCC)[C@H](N)[C@H]1O[C@@H](n2ccc(N)nc2=O)[C@H](O[Si](C)(C)C(C)(C)C)[C@@H]1O[Si](C)(C)C(C)(C)C. The standard InChI is InChI=1S/C25H51N4O7PSi2/c1-13-32-37(31,33-14-2)21(27)19-18(35-38(9,10)24(3,4)5)20(36-39(11,12)25(6,7)8)22(34-19)29-16-15-17(26)28-23(29)30/h15-16,18-22H,13-14,27H2,1-12H3,(H2,26,28,30)/t18-,19+,20-,21+,22-/m1/s1. The van der Waals surface area contributed by atoms with Gasteiger partial charge in [0.2, 0.25) is 0 Å². The van der Waals surface area contributed by atoms with Crippen LogP contribution in [0.3, 0.4) is 0 Å². The van der Waals surface area contributed by atoms with Crippen LogP contribution in [-0.2, 0) is 27.2 Å². The monoisotopic (exact) mass is 606 g/mol. The Morgan fingerprint density at radius 3 is 1.87 bits per heavy atom. The second-order valence-electron chi connectivity index (χ2n) is 13.1. The molecule has 0 amide bonds. The molecule has 1 fully saturated rings. The minimum Gasteiger partial charge on any atom is -0.408 e. The van der Waals surface area contributed by atoms with Crippen molar-refractivity contribution in [1.29, 1.82) is 0 Å². The van der Waals surface area contributed by atoms with Crippen LogP contribution in [0.4, 0.5) is 5.82 Å². The second-order valence-corrected chi connectivity index (χ2v) is 24.8. The Hall–Kier alpha value is -0.896. The van der Waals surface area contributed by atoms with Gasteiger partial charge < -0.3 is 34.1 Å². The maximum Gasteiger partial charge on any atom is 0.351 e.